The maximum atomic E-state index is 4.75. The van der Waals surface area contributed by atoms with E-state index >= 15 is 0 Å². The van der Waals surface area contributed by atoms with Crippen molar-refractivity contribution in [3.63, 3.8) is 0 Å². The summed E-state index contributed by atoms with van der Waals surface area (Å²) in [5.41, 5.74) is 1.30. The van der Waals surface area contributed by atoms with Gasteiger partial charge in [-0.25, -0.2) is 0 Å². The second-order valence-electron chi connectivity index (χ2n) is 7.38. The number of nitrogens with zero attached hydrogens (tertiary/aromatic N) is 3. The van der Waals surface area contributed by atoms with Gasteiger partial charge in [0, 0.05) is 0 Å². The van der Waals surface area contributed by atoms with Crippen LogP contribution < -0.4 is 3.71 Å². The molecule has 0 spiro atoms. The first kappa shape index (κ1) is 20.5. The van der Waals surface area contributed by atoms with E-state index in [1.165, 1.54) is 61.1 Å². The minimum atomic E-state index is -2.42. The Morgan fingerprint density at radius 3 is 1.92 bits per heavy atom. The van der Waals surface area contributed by atoms with E-state index in [4.69, 9.17) is 5.10 Å². The third-order valence-corrected chi connectivity index (χ3v) is 20.3. The Balaban J connectivity index is 2.22. The van der Waals surface area contributed by atoms with Gasteiger partial charge in [-0.3, -0.25) is 0 Å². The summed E-state index contributed by atoms with van der Waals surface area (Å²) >= 11 is -2.42. The van der Waals surface area contributed by atoms with E-state index in [0.717, 1.165) is 6.54 Å². The molecule has 2 aromatic rings. The second kappa shape index (κ2) is 11.0. The second-order valence-corrected chi connectivity index (χ2v) is 20.4. The van der Waals surface area contributed by atoms with Gasteiger partial charge in [-0.1, -0.05) is 0 Å². The first-order valence-corrected chi connectivity index (χ1v) is 17.7. The van der Waals surface area contributed by atoms with Crippen LogP contribution in [0.15, 0.2) is 36.5 Å². The first-order valence-electron chi connectivity index (χ1n) is 10.2. The molecule has 0 radical (unpaired) electrons. The summed E-state index contributed by atoms with van der Waals surface area (Å²) in [5, 5.41) is 9.27. The summed E-state index contributed by atoms with van der Waals surface area (Å²) in [4.78, 5) is 0. The van der Waals surface area contributed by atoms with Gasteiger partial charge in [-0.2, -0.15) is 0 Å². The first-order chi connectivity index (χ1) is 12.2. The Morgan fingerprint density at radius 2 is 1.40 bits per heavy atom. The van der Waals surface area contributed by atoms with Crippen molar-refractivity contribution >= 4 is 22.1 Å². The van der Waals surface area contributed by atoms with Crippen LogP contribution in [0.4, 0.5) is 0 Å². The van der Waals surface area contributed by atoms with Crippen molar-refractivity contribution in [1.82, 2.24) is 15.0 Å². The fraction of sp³-hybridized carbons (Fsp3) is 0.619. The Kier molecular flexibility index (Phi) is 9.00. The van der Waals surface area contributed by atoms with Crippen LogP contribution in [0.1, 0.15) is 64.9 Å². The molecule has 1 aromatic carbocycles. The molecule has 25 heavy (non-hydrogen) atoms. The van der Waals surface area contributed by atoms with E-state index in [0.29, 0.717) is 0 Å². The molecule has 2 rings (SSSR count). The van der Waals surface area contributed by atoms with Crippen LogP contribution in [0.3, 0.4) is 0 Å². The molecule has 0 bridgehead atoms. The standard InChI is InChI=1S/C9H8N3.3C4H9.Sn/c1-2-4-9(5-3-1)8-12-7-6-10-11-12;3*1-3-4-2;/h1-5,7H,8H2;3*1,3-4H2,2H3;. The summed E-state index contributed by atoms with van der Waals surface area (Å²) in [6.07, 6.45) is 10.3. The zero-order valence-corrected chi connectivity index (χ0v) is 19.2. The molecule has 1 heterocycles. The van der Waals surface area contributed by atoms with E-state index in [2.05, 4.69) is 67.2 Å². The molecule has 0 atom stereocenters. The number of aromatic nitrogens is 3. The molecule has 0 unspecified atom stereocenters. The van der Waals surface area contributed by atoms with Crippen LogP contribution in [-0.4, -0.2) is 33.4 Å². The molecular weight excluding hydrogens is 413 g/mol. The van der Waals surface area contributed by atoms with Gasteiger partial charge in [0.25, 0.3) is 0 Å². The number of benzene rings is 1. The zero-order valence-electron chi connectivity index (χ0n) is 16.4. The Labute approximate surface area is 158 Å². The molecule has 0 aliphatic carbocycles. The van der Waals surface area contributed by atoms with Crippen LogP contribution in [0, 0.1) is 0 Å². The maximum absolute atomic E-state index is 4.75. The quantitative estimate of drug-likeness (QED) is 0.408. The molecular formula is C21H35N3Sn. The summed E-state index contributed by atoms with van der Waals surface area (Å²) < 4.78 is 7.86. The van der Waals surface area contributed by atoms with Gasteiger partial charge < -0.3 is 0 Å². The third kappa shape index (κ3) is 6.12. The van der Waals surface area contributed by atoms with Gasteiger partial charge in [0.05, 0.1) is 0 Å². The van der Waals surface area contributed by atoms with Gasteiger partial charge in [0.1, 0.15) is 0 Å². The molecule has 0 fully saturated rings. The topological polar surface area (TPSA) is 30.7 Å². The Morgan fingerprint density at radius 1 is 0.840 bits per heavy atom. The van der Waals surface area contributed by atoms with Crippen LogP contribution in [0.25, 0.3) is 0 Å². The van der Waals surface area contributed by atoms with Gasteiger partial charge >= 0.3 is 158 Å². The zero-order chi connectivity index (χ0) is 18.0. The molecule has 0 saturated carbocycles. The van der Waals surface area contributed by atoms with Crippen LogP contribution >= 0.6 is 0 Å². The average molecular weight is 448 g/mol. The summed E-state index contributed by atoms with van der Waals surface area (Å²) in [5.74, 6) is 0. The predicted molar refractivity (Wildman–Crippen MR) is 110 cm³/mol. The van der Waals surface area contributed by atoms with Crippen molar-refractivity contribution < 1.29 is 0 Å². The molecule has 0 N–H and O–H groups in total. The summed E-state index contributed by atoms with van der Waals surface area (Å²) in [7, 11) is 0. The van der Waals surface area contributed by atoms with E-state index < -0.39 is 18.4 Å². The van der Waals surface area contributed by atoms with Gasteiger partial charge in [0.2, 0.25) is 0 Å². The van der Waals surface area contributed by atoms with E-state index in [1.807, 2.05) is 0 Å². The van der Waals surface area contributed by atoms with E-state index in [9.17, 15) is 0 Å². The fourth-order valence-electron chi connectivity index (χ4n) is 3.69. The molecule has 0 aliphatic heterocycles. The van der Waals surface area contributed by atoms with Crippen molar-refractivity contribution in [2.75, 3.05) is 0 Å². The number of rotatable bonds is 12. The molecule has 138 valence electrons. The normalized spacial score (nSPS) is 11.8. The van der Waals surface area contributed by atoms with Gasteiger partial charge in [-0.05, 0) is 0 Å². The Hall–Kier alpha value is -0.841. The number of unbranched alkanes of at least 4 members (excludes halogenated alkanes) is 3. The SMILES string of the molecule is CCC[CH2][Sn]([CH2]CCC)([CH2]CCC)[c]1cn(Cc2ccccc2)nn1. The van der Waals surface area contributed by atoms with Crippen molar-refractivity contribution in [2.24, 2.45) is 0 Å². The molecule has 1 aromatic heterocycles. The van der Waals surface area contributed by atoms with Crippen molar-refractivity contribution in [3.05, 3.63) is 42.1 Å². The van der Waals surface area contributed by atoms with Crippen molar-refractivity contribution in [3.8, 4) is 0 Å². The fourth-order valence-corrected chi connectivity index (χ4v) is 18.8. The van der Waals surface area contributed by atoms with Gasteiger partial charge in [0.15, 0.2) is 0 Å². The Bertz CT molecular complexity index is 572. The van der Waals surface area contributed by atoms with Crippen molar-refractivity contribution in [2.45, 2.75) is 79.2 Å². The van der Waals surface area contributed by atoms with E-state index in [1.54, 1.807) is 0 Å². The molecule has 4 heteroatoms. The number of hydrogen-bond donors (Lipinski definition) is 0. The predicted octanol–water partition coefficient (Wildman–Crippen LogP) is 5.38. The van der Waals surface area contributed by atoms with Gasteiger partial charge in [-0.15, -0.1) is 0 Å². The van der Waals surface area contributed by atoms with E-state index in [-0.39, 0.29) is 0 Å². The van der Waals surface area contributed by atoms with Crippen LogP contribution in [-0.2, 0) is 6.54 Å². The molecule has 0 aliphatic rings. The minimum absolute atomic E-state index is 0.838. The van der Waals surface area contributed by atoms with Crippen molar-refractivity contribution in [1.29, 1.82) is 0 Å². The summed E-state index contributed by atoms with van der Waals surface area (Å²) in [6.45, 7) is 7.80. The molecule has 0 amide bonds. The molecule has 0 saturated heterocycles. The average Bonchev–Trinajstić information content (AvgIpc) is 3.11. The monoisotopic (exact) mass is 449 g/mol. The molecule has 3 nitrogen and oxygen atoms in total. The third-order valence-electron chi connectivity index (χ3n) is 5.30. The van der Waals surface area contributed by atoms with Crippen LogP contribution in [0.5, 0.6) is 0 Å². The number of hydrogen-bond acceptors (Lipinski definition) is 2. The summed E-state index contributed by atoms with van der Waals surface area (Å²) in [6, 6.07) is 10.6. The van der Waals surface area contributed by atoms with Crippen LogP contribution in [0.2, 0.25) is 13.3 Å².